The number of aliphatic hydroxyl groups excluding tert-OH is 1. The predicted octanol–water partition coefficient (Wildman–Crippen LogP) is 3.45. The standard InChI is InChI=1S/C17H29N3O2.HI/c1-3-13-7-5-8-14(11-13)20-17(18-4-2)19-12-15(21)16-9-6-10-22-16;/h6,9-10,13-15,21H,3-5,7-8,11-12H2,1-2H3,(H2,18,19,20);1H. The molecule has 0 radical (unpaired) electrons. The summed E-state index contributed by atoms with van der Waals surface area (Å²) in [5.74, 6) is 2.17. The number of furan rings is 1. The van der Waals surface area contributed by atoms with Gasteiger partial charge in [-0.2, -0.15) is 0 Å². The van der Waals surface area contributed by atoms with E-state index in [1.54, 1.807) is 18.4 Å². The van der Waals surface area contributed by atoms with Crippen LogP contribution in [0.25, 0.3) is 0 Å². The Hall–Kier alpha value is -0.760. The minimum absolute atomic E-state index is 0. The second-order valence-corrected chi connectivity index (χ2v) is 6.03. The van der Waals surface area contributed by atoms with Crippen LogP contribution < -0.4 is 10.6 Å². The third kappa shape index (κ3) is 6.71. The van der Waals surface area contributed by atoms with Gasteiger partial charge in [-0.1, -0.05) is 26.2 Å². The summed E-state index contributed by atoms with van der Waals surface area (Å²) in [5, 5.41) is 16.8. The summed E-state index contributed by atoms with van der Waals surface area (Å²) in [6, 6.07) is 4.03. The van der Waals surface area contributed by atoms with Crippen LogP contribution in [0.5, 0.6) is 0 Å². The van der Waals surface area contributed by atoms with E-state index >= 15 is 0 Å². The van der Waals surface area contributed by atoms with E-state index < -0.39 is 6.10 Å². The van der Waals surface area contributed by atoms with Crippen molar-refractivity contribution in [2.45, 2.75) is 58.1 Å². The fourth-order valence-corrected chi connectivity index (χ4v) is 3.05. The lowest BCUT2D eigenvalue weighted by atomic mass is 9.84. The molecule has 0 amide bonds. The molecule has 1 heterocycles. The van der Waals surface area contributed by atoms with Gasteiger partial charge >= 0.3 is 0 Å². The minimum atomic E-state index is -0.694. The van der Waals surface area contributed by atoms with Gasteiger partial charge < -0.3 is 20.2 Å². The molecule has 5 nitrogen and oxygen atoms in total. The number of rotatable bonds is 6. The van der Waals surface area contributed by atoms with E-state index in [1.807, 2.05) is 0 Å². The van der Waals surface area contributed by atoms with E-state index in [9.17, 15) is 5.11 Å². The number of nitrogens with one attached hydrogen (secondary N) is 2. The Morgan fingerprint density at radius 1 is 1.43 bits per heavy atom. The van der Waals surface area contributed by atoms with E-state index in [2.05, 4.69) is 29.5 Å². The Morgan fingerprint density at radius 2 is 2.26 bits per heavy atom. The number of hydrogen-bond acceptors (Lipinski definition) is 3. The monoisotopic (exact) mass is 435 g/mol. The van der Waals surface area contributed by atoms with Crippen molar-refractivity contribution < 1.29 is 9.52 Å². The molecule has 23 heavy (non-hydrogen) atoms. The first-order valence-corrected chi connectivity index (χ1v) is 8.49. The zero-order chi connectivity index (χ0) is 15.8. The fraction of sp³-hybridized carbons (Fsp3) is 0.706. The molecule has 1 aromatic rings. The van der Waals surface area contributed by atoms with Crippen molar-refractivity contribution in [3.63, 3.8) is 0 Å². The third-order valence-corrected chi connectivity index (χ3v) is 4.34. The molecule has 0 aromatic carbocycles. The fourth-order valence-electron chi connectivity index (χ4n) is 3.05. The second-order valence-electron chi connectivity index (χ2n) is 6.03. The Bertz CT molecular complexity index is 451. The Morgan fingerprint density at radius 3 is 2.91 bits per heavy atom. The second kappa shape index (κ2) is 10.9. The summed E-state index contributed by atoms with van der Waals surface area (Å²) < 4.78 is 5.21. The van der Waals surface area contributed by atoms with Gasteiger partial charge in [-0.25, -0.2) is 0 Å². The highest BCUT2D eigenvalue weighted by molar-refractivity contribution is 14.0. The lowest BCUT2D eigenvalue weighted by Crippen LogP contribution is -2.45. The number of aliphatic hydroxyl groups is 1. The first-order valence-electron chi connectivity index (χ1n) is 8.49. The third-order valence-electron chi connectivity index (χ3n) is 4.34. The van der Waals surface area contributed by atoms with Crippen molar-refractivity contribution in [1.29, 1.82) is 0 Å². The van der Waals surface area contributed by atoms with Gasteiger partial charge in [-0.15, -0.1) is 24.0 Å². The molecule has 1 aromatic heterocycles. The Labute approximate surface area is 156 Å². The Kier molecular flexibility index (Phi) is 9.62. The molecule has 0 aliphatic heterocycles. The average molecular weight is 435 g/mol. The molecular weight excluding hydrogens is 405 g/mol. The first-order chi connectivity index (χ1) is 10.7. The highest BCUT2D eigenvalue weighted by atomic mass is 127. The molecule has 1 aliphatic rings. The van der Waals surface area contributed by atoms with E-state index in [1.165, 1.54) is 32.1 Å². The summed E-state index contributed by atoms with van der Waals surface area (Å²) in [7, 11) is 0. The summed E-state index contributed by atoms with van der Waals surface area (Å²) in [6.07, 6.45) is 7.16. The van der Waals surface area contributed by atoms with Crippen molar-refractivity contribution in [3.05, 3.63) is 24.2 Å². The van der Waals surface area contributed by atoms with Crippen LogP contribution in [0.4, 0.5) is 0 Å². The van der Waals surface area contributed by atoms with Gasteiger partial charge in [0.15, 0.2) is 5.96 Å². The molecule has 2 rings (SSSR count). The van der Waals surface area contributed by atoms with Gasteiger partial charge in [0.25, 0.3) is 0 Å². The topological polar surface area (TPSA) is 69.8 Å². The van der Waals surface area contributed by atoms with Crippen molar-refractivity contribution in [2.24, 2.45) is 10.9 Å². The predicted molar refractivity (Wildman–Crippen MR) is 104 cm³/mol. The normalized spacial score (nSPS) is 23.0. The molecule has 3 N–H and O–H groups in total. The van der Waals surface area contributed by atoms with Crippen LogP contribution in [0.1, 0.15) is 57.8 Å². The van der Waals surface area contributed by atoms with Gasteiger partial charge in [0.2, 0.25) is 0 Å². The zero-order valence-corrected chi connectivity index (χ0v) is 16.5. The number of guanidine groups is 1. The maximum absolute atomic E-state index is 10.1. The van der Waals surface area contributed by atoms with Crippen molar-refractivity contribution in [1.82, 2.24) is 10.6 Å². The molecule has 6 heteroatoms. The molecule has 3 unspecified atom stereocenters. The summed E-state index contributed by atoms with van der Waals surface area (Å²) in [6.45, 7) is 5.43. The molecule has 0 bridgehead atoms. The van der Waals surface area contributed by atoms with Gasteiger partial charge in [0.05, 0.1) is 12.8 Å². The Balaban J connectivity index is 0.00000264. The molecule has 1 aliphatic carbocycles. The quantitative estimate of drug-likeness (QED) is 0.364. The molecule has 1 saturated carbocycles. The number of hydrogen-bond donors (Lipinski definition) is 3. The first kappa shape index (κ1) is 20.3. The van der Waals surface area contributed by atoms with Gasteiger partial charge in [-0.05, 0) is 37.8 Å². The van der Waals surface area contributed by atoms with E-state index in [-0.39, 0.29) is 24.0 Å². The molecule has 1 fully saturated rings. The van der Waals surface area contributed by atoms with E-state index in [0.717, 1.165) is 18.4 Å². The maximum atomic E-state index is 10.1. The van der Waals surface area contributed by atoms with Gasteiger partial charge in [0.1, 0.15) is 11.9 Å². The smallest absolute Gasteiger partial charge is 0.191 e. The highest BCUT2D eigenvalue weighted by Crippen LogP contribution is 2.26. The van der Waals surface area contributed by atoms with Gasteiger partial charge in [0, 0.05) is 12.6 Å². The zero-order valence-electron chi connectivity index (χ0n) is 14.1. The van der Waals surface area contributed by atoms with Gasteiger partial charge in [-0.3, -0.25) is 4.99 Å². The summed E-state index contributed by atoms with van der Waals surface area (Å²) in [5.41, 5.74) is 0. The van der Waals surface area contributed by atoms with Crippen molar-refractivity contribution in [3.8, 4) is 0 Å². The maximum Gasteiger partial charge on any atom is 0.191 e. The van der Waals surface area contributed by atoms with E-state index in [4.69, 9.17) is 4.42 Å². The number of nitrogens with zero attached hydrogens (tertiary/aromatic N) is 1. The highest BCUT2D eigenvalue weighted by Gasteiger charge is 2.21. The van der Waals surface area contributed by atoms with Crippen LogP contribution >= 0.6 is 24.0 Å². The number of halogens is 1. The largest absolute Gasteiger partial charge is 0.467 e. The average Bonchev–Trinajstić information content (AvgIpc) is 3.07. The molecular formula is C17H30IN3O2. The minimum Gasteiger partial charge on any atom is -0.467 e. The van der Waals surface area contributed by atoms with Crippen LogP contribution in [0, 0.1) is 5.92 Å². The summed E-state index contributed by atoms with van der Waals surface area (Å²) in [4.78, 5) is 4.50. The van der Waals surface area contributed by atoms with Crippen LogP contribution in [0.15, 0.2) is 27.8 Å². The van der Waals surface area contributed by atoms with Crippen molar-refractivity contribution in [2.75, 3.05) is 13.1 Å². The van der Waals surface area contributed by atoms with Crippen LogP contribution in [0.3, 0.4) is 0 Å². The summed E-state index contributed by atoms with van der Waals surface area (Å²) >= 11 is 0. The molecule has 3 atom stereocenters. The number of aliphatic imine (C=N–C) groups is 1. The van der Waals surface area contributed by atoms with E-state index in [0.29, 0.717) is 18.3 Å². The molecule has 0 spiro atoms. The van der Waals surface area contributed by atoms with Crippen molar-refractivity contribution >= 4 is 29.9 Å². The van der Waals surface area contributed by atoms with Crippen LogP contribution in [0.2, 0.25) is 0 Å². The lowest BCUT2D eigenvalue weighted by Gasteiger charge is -2.30. The SMILES string of the molecule is CCNC(=NCC(O)c1ccco1)NC1CCCC(CC)C1.I. The van der Waals surface area contributed by atoms with Crippen LogP contribution in [-0.4, -0.2) is 30.2 Å². The molecule has 132 valence electrons. The molecule has 0 saturated heterocycles. The van der Waals surface area contributed by atoms with Crippen LogP contribution in [-0.2, 0) is 0 Å². The lowest BCUT2D eigenvalue weighted by molar-refractivity contribution is 0.158.